The van der Waals surface area contributed by atoms with Gasteiger partial charge in [-0.2, -0.15) is 0 Å². The molecule has 1 amide bonds. The van der Waals surface area contributed by atoms with Crippen molar-refractivity contribution in [2.75, 3.05) is 26.8 Å². The van der Waals surface area contributed by atoms with Crippen molar-refractivity contribution in [1.29, 1.82) is 0 Å². The lowest BCUT2D eigenvalue weighted by Crippen LogP contribution is -2.38. The molecule has 0 bridgehead atoms. The summed E-state index contributed by atoms with van der Waals surface area (Å²) in [6, 6.07) is 8.36. The minimum absolute atomic E-state index is 0.0253. The zero-order valence-electron chi connectivity index (χ0n) is 12.4. The predicted octanol–water partition coefficient (Wildman–Crippen LogP) is 2.17. The number of amides is 1. The summed E-state index contributed by atoms with van der Waals surface area (Å²) in [4.78, 5) is 24.4. The van der Waals surface area contributed by atoms with Gasteiger partial charge in [0.15, 0.2) is 11.5 Å². The van der Waals surface area contributed by atoms with Gasteiger partial charge in [0, 0.05) is 30.3 Å². The summed E-state index contributed by atoms with van der Waals surface area (Å²) in [6.45, 7) is -0.0828. The molecule has 0 atom stereocenters. The van der Waals surface area contributed by atoms with Crippen LogP contribution in [0.3, 0.4) is 0 Å². The quantitative estimate of drug-likeness (QED) is 0.831. The number of ether oxygens (including phenoxy) is 1. The van der Waals surface area contributed by atoms with Crippen molar-refractivity contribution in [3.63, 3.8) is 0 Å². The largest absolute Gasteiger partial charge is 0.480 e. The number of hydrogen-bond acceptors (Lipinski definition) is 5. The van der Waals surface area contributed by atoms with Gasteiger partial charge in [-0.25, -0.2) is 0 Å². The van der Waals surface area contributed by atoms with Gasteiger partial charge in [0.2, 0.25) is 0 Å². The number of nitrogens with zero attached hydrogens (tertiary/aromatic N) is 2. The molecule has 0 unspecified atom stereocenters. The second-order valence-corrected chi connectivity index (χ2v) is 5.14. The van der Waals surface area contributed by atoms with Gasteiger partial charge in [-0.15, -0.1) is 0 Å². The minimum atomic E-state index is -1.12. The summed E-state index contributed by atoms with van der Waals surface area (Å²) in [5.41, 5.74) is 0.697. The third-order valence-electron chi connectivity index (χ3n) is 3.02. The van der Waals surface area contributed by atoms with Crippen LogP contribution in [0.4, 0.5) is 0 Å². The maximum Gasteiger partial charge on any atom is 0.323 e. The van der Waals surface area contributed by atoms with E-state index >= 15 is 0 Å². The van der Waals surface area contributed by atoms with Gasteiger partial charge in [0.05, 0.1) is 6.61 Å². The zero-order chi connectivity index (χ0) is 16.8. The number of rotatable bonds is 7. The number of carboxylic acid groups (broad SMARTS) is 1. The van der Waals surface area contributed by atoms with Crippen LogP contribution in [0.25, 0.3) is 11.3 Å². The summed E-state index contributed by atoms with van der Waals surface area (Å²) in [5, 5.41) is 13.1. The first-order valence-corrected chi connectivity index (χ1v) is 7.11. The number of hydrogen-bond donors (Lipinski definition) is 1. The third-order valence-corrected chi connectivity index (χ3v) is 3.25. The van der Waals surface area contributed by atoms with Crippen LogP contribution in [0.1, 0.15) is 10.5 Å². The first kappa shape index (κ1) is 17.0. The molecule has 1 aromatic heterocycles. The lowest BCUT2D eigenvalue weighted by Gasteiger charge is -2.18. The molecule has 0 saturated heterocycles. The molecule has 1 heterocycles. The molecule has 0 aliphatic carbocycles. The fourth-order valence-corrected chi connectivity index (χ4v) is 2.12. The average molecular weight is 339 g/mol. The van der Waals surface area contributed by atoms with Crippen molar-refractivity contribution in [2.45, 2.75) is 0 Å². The third kappa shape index (κ3) is 4.54. The zero-order valence-corrected chi connectivity index (χ0v) is 13.1. The first-order valence-electron chi connectivity index (χ1n) is 6.74. The molecule has 7 nitrogen and oxygen atoms in total. The highest BCUT2D eigenvalue weighted by Gasteiger charge is 2.22. The molecule has 0 spiro atoms. The van der Waals surface area contributed by atoms with Crippen LogP contribution in [0, 0.1) is 0 Å². The number of halogens is 1. The van der Waals surface area contributed by atoms with E-state index in [0.717, 1.165) is 4.90 Å². The van der Waals surface area contributed by atoms with Gasteiger partial charge in [-0.1, -0.05) is 28.9 Å². The van der Waals surface area contributed by atoms with Gasteiger partial charge in [0.25, 0.3) is 5.91 Å². The Bertz CT molecular complexity index is 701. The Kier molecular flexibility index (Phi) is 5.72. The van der Waals surface area contributed by atoms with E-state index in [-0.39, 0.29) is 18.8 Å². The molecule has 8 heteroatoms. The lowest BCUT2D eigenvalue weighted by molar-refractivity contribution is -0.137. The van der Waals surface area contributed by atoms with E-state index in [9.17, 15) is 9.59 Å². The summed E-state index contributed by atoms with van der Waals surface area (Å²) >= 11 is 5.91. The van der Waals surface area contributed by atoms with Gasteiger partial charge in [0.1, 0.15) is 6.54 Å². The molecule has 122 valence electrons. The number of aliphatic carboxylic acids is 1. The Hall–Kier alpha value is -2.38. The van der Waals surface area contributed by atoms with E-state index in [1.54, 1.807) is 24.3 Å². The summed E-state index contributed by atoms with van der Waals surface area (Å²) < 4.78 is 10.0. The fourth-order valence-electron chi connectivity index (χ4n) is 1.93. The van der Waals surface area contributed by atoms with Crippen LogP contribution < -0.4 is 0 Å². The van der Waals surface area contributed by atoms with E-state index in [2.05, 4.69) is 5.16 Å². The SMILES string of the molecule is COCCN(CC(=O)O)C(=O)c1cc(-c2cccc(Cl)c2)on1. The maximum absolute atomic E-state index is 12.4. The second-order valence-electron chi connectivity index (χ2n) is 4.70. The molecule has 0 radical (unpaired) electrons. The molecule has 0 saturated carbocycles. The fraction of sp³-hybridized carbons (Fsp3) is 0.267. The van der Waals surface area contributed by atoms with Crippen LogP contribution in [0.5, 0.6) is 0 Å². The Morgan fingerprint density at radius 3 is 2.83 bits per heavy atom. The molecule has 0 aliphatic heterocycles. The molecule has 2 rings (SSSR count). The molecule has 23 heavy (non-hydrogen) atoms. The van der Waals surface area contributed by atoms with Gasteiger partial charge in [-0.05, 0) is 12.1 Å². The number of carbonyl (C=O) groups excluding carboxylic acids is 1. The Morgan fingerprint density at radius 2 is 2.17 bits per heavy atom. The van der Waals surface area contributed by atoms with Crippen molar-refractivity contribution < 1.29 is 24.0 Å². The molecule has 0 aliphatic rings. The van der Waals surface area contributed by atoms with Gasteiger partial charge >= 0.3 is 5.97 Å². The normalized spacial score (nSPS) is 10.5. The average Bonchev–Trinajstić information content (AvgIpc) is 3.00. The summed E-state index contributed by atoms with van der Waals surface area (Å²) in [5.74, 6) is -1.28. The van der Waals surface area contributed by atoms with E-state index in [4.69, 9.17) is 26.0 Å². The van der Waals surface area contributed by atoms with Gasteiger partial charge in [-0.3, -0.25) is 9.59 Å². The van der Waals surface area contributed by atoms with Crippen LogP contribution in [0.2, 0.25) is 5.02 Å². The first-order chi connectivity index (χ1) is 11.0. The van der Waals surface area contributed by atoms with E-state index in [1.807, 2.05) is 0 Å². The highest BCUT2D eigenvalue weighted by molar-refractivity contribution is 6.30. The minimum Gasteiger partial charge on any atom is -0.480 e. The van der Waals surface area contributed by atoms with Crippen LogP contribution in [-0.4, -0.2) is 53.8 Å². The Labute approximate surface area is 137 Å². The maximum atomic E-state index is 12.4. The molecule has 1 N–H and O–H groups in total. The van der Waals surface area contributed by atoms with Gasteiger partial charge < -0.3 is 19.3 Å². The monoisotopic (exact) mass is 338 g/mol. The molecule has 2 aromatic rings. The molecular formula is C15H15ClN2O5. The summed E-state index contributed by atoms with van der Waals surface area (Å²) in [7, 11) is 1.47. The number of carbonyl (C=O) groups is 2. The highest BCUT2D eigenvalue weighted by atomic mass is 35.5. The Morgan fingerprint density at radius 1 is 1.39 bits per heavy atom. The van der Waals surface area contributed by atoms with Crippen molar-refractivity contribution in [1.82, 2.24) is 10.1 Å². The second kappa shape index (κ2) is 7.75. The van der Waals surface area contributed by atoms with Crippen molar-refractivity contribution in [3.05, 3.63) is 41.0 Å². The summed E-state index contributed by atoms with van der Waals surface area (Å²) in [6.07, 6.45) is 0. The number of methoxy groups -OCH3 is 1. The lowest BCUT2D eigenvalue weighted by atomic mass is 10.1. The predicted molar refractivity (Wildman–Crippen MR) is 82.4 cm³/mol. The number of carboxylic acids is 1. The number of aromatic nitrogens is 1. The topological polar surface area (TPSA) is 92.9 Å². The smallest absolute Gasteiger partial charge is 0.323 e. The highest BCUT2D eigenvalue weighted by Crippen LogP contribution is 2.23. The van der Waals surface area contributed by atoms with E-state index < -0.39 is 18.4 Å². The van der Waals surface area contributed by atoms with Crippen molar-refractivity contribution in [3.8, 4) is 11.3 Å². The molecular weight excluding hydrogens is 324 g/mol. The van der Waals surface area contributed by atoms with Crippen molar-refractivity contribution in [2.24, 2.45) is 0 Å². The van der Waals surface area contributed by atoms with Crippen LogP contribution >= 0.6 is 11.6 Å². The van der Waals surface area contributed by atoms with Crippen LogP contribution in [-0.2, 0) is 9.53 Å². The number of benzene rings is 1. The van der Waals surface area contributed by atoms with Crippen molar-refractivity contribution >= 4 is 23.5 Å². The standard InChI is InChI=1S/C15H15ClN2O5/c1-22-6-5-18(9-14(19)20)15(21)12-8-13(23-17-12)10-3-2-4-11(16)7-10/h2-4,7-8H,5-6,9H2,1H3,(H,19,20). The van der Waals surface area contributed by atoms with E-state index in [1.165, 1.54) is 13.2 Å². The molecule has 0 fully saturated rings. The molecule has 1 aromatic carbocycles. The van der Waals surface area contributed by atoms with Crippen LogP contribution in [0.15, 0.2) is 34.9 Å². The Balaban J connectivity index is 2.19. The van der Waals surface area contributed by atoms with E-state index in [0.29, 0.717) is 16.3 Å².